The molecule has 2 unspecified atom stereocenters. The number of aromatic hydroxyl groups is 1. The molecule has 2 aromatic heterocycles. The number of aromatic nitrogens is 3. The minimum absolute atomic E-state index is 0.0732. The van der Waals surface area contributed by atoms with E-state index in [1.165, 1.54) is 22.9 Å². The number of halogens is 2. The Labute approximate surface area is 135 Å². The number of hydrogen-bond acceptors (Lipinski definition) is 3. The number of aromatic amines is 1. The first-order chi connectivity index (χ1) is 11.5. The molecule has 2 N–H and O–H groups in total. The van der Waals surface area contributed by atoms with Gasteiger partial charge in [-0.3, -0.25) is 9.55 Å². The normalized spacial score (nSPS) is 19.4. The van der Waals surface area contributed by atoms with Crippen LogP contribution in [-0.4, -0.2) is 19.6 Å². The van der Waals surface area contributed by atoms with E-state index in [1.54, 1.807) is 12.3 Å². The second kappa shape index (κ2) is 5.30. The Balaban J connectivity index is 1.58. The number of hydrogen-bond donors (Lipinski definition) is 2. The largest absolute Gasteiger partial charge is 0.493 e. The van der Waals surface area contributed by atoms with Crippen molar-refractivity contribution in [1.82, 2.24) is 14.5 Å². The molecule has 1 saturated carbocycles. The van der Waals surface area contributed by atoms with Gasteiger partial charge >= 0.3 is 5.69 Å². The van der Waals surface area contributed by atoms with Crippen LogP contribution in [0.4, 0.5) is 8.78 Å². The summed E-state index contributed by atoms with van der Waals surface area (Å²) in [6, 6.07) is 6.73. The quantitative estimate of drug-likeness (QED) is 0.776. The molecule has 0 spiro atoms. The van der Waals surface area contributed by atoms with E-state index in [2.05, 4.69) is 9.97 Å². The Kier molecular flexibility index (Phi) is 3.23. The van der Waals surface area contributed by atoms with Crippen molar-refractivity contribution in [3.8, 4) is 17.1 Å². The van der Waals surface area contributed by atoms with E-state index in [9.17, 15) is 18.7 Å². The SMILES string of the molecule is O=c1[nH]cc(O)n1C1CC1c1ccc(-c2ccc(F)cc2F)nc1. The molecular formula is C17H13F2N3O2. The molecule has 3 aromatic rings. The molecule has 2 atom stereocenters. The number of pyridine rings is 1. The zero-order valence-corrected chi connectivity index (χ0v) is 12.4. The fraction of sp³-hybridized carbons (Fsp3) is 0.176. The molecule has 1 aliphatic carbocycles. The van der Waals surface area contributed by atoms with Crippen LogP contribution in [0.3, 0.4) is 0 Å². The molecule has 1 aliphatic rings. The van der Waals surface area contributed by atoms with E-state index in [4.69, 9.17) is 0 Å². The van der Waals surface area contributed by atoms with Gasteiger partial charge < -0.3 is 10.1 Å². The summed E-state index contributed by atoms with van der Waals surface area (Å²) in [6.45, 7) is 0. The van der Waals surface area contributed by atoms with Gasteiger partial charge in [0.1, 0.15) is 11.6 Å². The summed E-state index contributed by atoms with van der Waals surface area (Å²) in [7, 11) is 0. The first-order valence-corrected chi connectivity index (χ1v) is 7.45. The van der Waals surface area contributed by atoms with Crippen molar-refractivity contribution >= 4 is 0 Å². The van der Waals surface area contributed by atoms with Crippen LogP contribution < -0.4 is 5.69 Å². The molecule has 1 fully saturated rings. The van der Waals surface area contributed by atoms with Gasteiger partial charge in [0.2, 0.25) is 5.88 Å². The molecule has 0 amide bonds. The van der Waals surface area contributed by atoms with Gasteiger partial charge in [0, 0.05) is 29.8 Å². The zero-order chi connectivity index (χ0) is 16.8. The number of nitrogens with one attached hydrogen (secondary N) is 1. The molecule has 7 heteroatoms. The van der Waals surface area contributed by atoms with E-state index in [-0.39, 0.29) is 29.1 Å². The highest BCUT2D eigenvalue weighted by Gasteiger charge is 2.42. The Hall–Kier alpha value is -2.96. The minimum Gasteiger partial charge on any atom is -0.493 e. The molecule has 0 aliphatic heterocycles. The van der Waals surface area contributed by atoms with Crippen molar-refractivity contribution in [3.63, 3.8) is 0 Å². The van der Waals surface area contributed by atoms with E-state index in [0.717, 1.165) is 18.1 Å². The second-order valence-corrected chi connectivity index (χ2v) is 5.83. The van der Waals surface area contributed by atoms with E-state index in [1.807, 2.05) is 6.07 Å². The van der Waals surface area contributed by atoms with Crippen LogP contribution in [0.25, 0.3) is 11.3 Å². The van der Waals surface area contributed by atoms with Crippen molar-refractivity contribution in [1.29, 1.82) is 0 Å². The average molecular weight is 329 g/mol. The molecule has 0 bridgehead atoms. The highest BCUT2D eigenvalue weighted by Crippen LogP contribution is 2.51. The maximum absolute atomic E-state index is 13.8. The van der Waals surface area contributed by atoms with Gasteiger partial charge in [0.15, 0.2) is 0 Å². The number of H-pyrrole nitrogens is 1. The van der Waals surface area contributed by atoms with Gasteiger partial charge in [-0.1, -0.05) is 6.07 Å². The highest BCUT2D eigenvalue weighted by atomic mass is 19.1. The van der Waals surface area contributed by atoms with E-state index < -0.39 is 11.6 Å². The number of benzene rings is 1. The molecule has 5 nitrogen and oxygen atoms in total. The van der Waals surface area contributed by atoms with Gasteiger partial charge in [-0.15, -0.1) is 0 Å². The van der Waals surface area contributed by atoms with E-state index >= 15 is 0 Å². The van der Waals surface area contributed by atoms with Gasteiger partial charge in [0.25, 0.3) is 0 Å². The monoisotopic (exact) mass is 329 g/mol. The summed E-state index contributed by atoms with van der Waals surface area (Å²) >= 11 is 0. The lowest BCUT2D eigenvalue weighted by Gasteiger charge is -2.05. The van der Waals surface area contributed by atoms with Crippen LogP contribution in [0.5, 0.6) is 5.88 Å². The summed E-state index contributed by atoms with van der Waals surface area (Å²) in [5.74, 6) is -1.32. The van der Waals surface area contributed by atoms with Crippen molar-refractivity contribution < 1.29 is 13.9 Å². The third kappa shape index (κ3) is 2.38. The number of imidazole rings is 1. The molecule has 122 valence electrons. The van der Waals surface area contributed by atoms with Crippen LogP contribution >= 0.6 is 0 Å². The Morgan fingerprint density at radius 2 is 2.08 bits per heavy atom. The number of rotatable bonds is 3. The lowest BCUT2D eigenvalue weighted by atomic mass is 10.1. The van der Waals surface area contributed by atoms with Crippen molar-refractivity contribution in [3.05, 3.63) is 70.4 Å². The Morgan fingerprint density at radius 1 is 1.25 bits per heavy atom. The predicted octanol–water partition coefficient (Wildman–Crippen LogP) is 2.95. The van der Waals surface area contributed by atoms with Crippen LogP contribution in [-0.2, 0) is 0 Å². The van der Waals surface area contributed by atoms with Gasteiger partial charge in [0.05, 0.1) is 11.9 Å². The summed E-state index contributed by atoms with van der Waals surface area (Å²) in [4.78, 5) is 18.3. The van der Waals surface area contributed by atoms with Crippen molar-refractivity contribution in [2.24, 2.45) is 0 Å². The lowest BCUT2D eigenvalue weighted by molar-refractivity contribution is 0.413. The van der Waals surface area contributed by atoms with Crippen molar-refractivity contribution in [2.75, 3.05) is 0 Å². The predicted molar refractivity (Wildman–Crippen MR) is 82.7 cm³/mol. The standard InChI is InChI=1S/C17H13F2N3O2/c18-10-2-3-11(13(19)5-10)14-4-1-9(7-20-14)12-6-15(12)22-16(23)8-21-17(22)24/h1-5,7-8,12,15,23H,6H2,(H,21,24). The maximum atomic E-state index is 13.8. The lowest BCUT2D eigenvalue weighted by Crippen LogP contribution is -2.15. The van der Waals surface area contributed by atoms with Crippen LogP contribution in [0.2, 0.25) is 0 Å². The molecule has 4 rings (SSSR count). The van der Waals surface area contributed by atoms with Gasteiger partial charge in [-0.25, -0.2) is 13.6 Å². The summed E-state index contributed by atoms with van der Waals surface area (Å²) in [5, 5.41) is 9.70. The first-order valence-electron chi connectivity index (χ1n) is 7.45. The third-order valence-electron chi connectivity index (χ3n) is 4.30. The highest BCUT2D eigenvalue weighted by molar-refractivity contribution is 5.60. The summed E-state index contributed by atoms with van der Waals surface area (Å²) < 4.78 is 28.1. The van der Waals surface area contributed by atoms with Crippen LogP contribution in [0.15, 0.2) is 47.5 Å². The molecule has 24 heavy (non-hydrogen) atoms. The van der Waals surface area contributed by atoms with Crippen molar-refractivity contribution in [2.45, 2.75) is 18.4 Å². The first kappa shape index (κ1) is 14.6. The fourth-order valence-corrected chi connectivity index (χ4v) is 3.00. The maximum Gasteiger partial charge on any atom is 0.328 e. The van der Waals surface area contributed by atoms with Gasteiger partial charge in [-0.2, -0.15) is 0 Å². The molecule has 1 aromatic carbocycles. The topological polar surface area (TPSA) is 70.9 Å². The third-order valence-corrected chi connectivity index (χ3v) is 4.30. The average Bonchev–Trinajstić information content (AvgIpc) is 3.26. The smallest absolute Gasteiger partial charge is 0.328 e. The van der Waals surface area contributed by atoms with Crippen LogP contribution in [0.1, 0.15) is 23.9 Å². The minimum atomic E-state index is -0.664. The molecular weight excluding hydrogens is 316 g/mol. The summed E-state index contributed by atoms with van der Waals surface area (Å²) in [5.41, 5.74) is 1.20. The molecule has 2 heterocycles. The van der Waals surface area contributed by atoms with E-state index in [0.29, 0.717) is 5.69 Å². The number of nitrogens with zero attached hydrogens (tertiary/aromatic N) is 2. The second-order valence-electron chi connectivity index (χ2n) is 5.83. The van der Waals surface area contributed by atoms with Crippen LogP contribution in [0, 0.1) is 11.6 Å². The van der Waals surface area contributed by atoms with Gasteiger partial charge in [-0.05, 0) is 30.2 Å². The zero-order valence-electron chi connectivity index (χ0n) is 12.4. The Bertz CT molecular complexity index is 963. The summed E-state index contributed by atoms with van der Waals surface area (Å²) in [6.07, 6.45) is 3.60. The molecule has 0 saturated heterocycles. The fourth-order valence-electron chi connectivity index (χ4n) is 3.00. The molecule has 0 radical (unpaired) electrons. The Morgan fingerprint density at radius 3 is 2.71 bits per heavy atom.